The summed E-state index contributed by atoms with van der Waals surface area (Å²) in [5.74, 6) is -0.573. The second-order valence-electron chi connectivity index (χ2n) is 4.14. The van der Waals surface area contributed by atoms with Crippen molar-refractivity contribution >= 4 is 11.8 Å². The Morgan fingerprint density at radius 1 is 1.67 bits per heavy atom. The zero-order valence-electron chi connectivity index (χ0n) is 10.6. The molecule has 96 valence electrons. The number of hydrogen-bond acceptors (Lipinski definition) is 4. The van der Waals surface area contributed by atoms with Crippen molar-refractivity contribution in [2.75, 3.05) is 5.32 Å². The van der Waals surface area contributed by atoms with Crippen LogP contribution in [0, 0.1) is 18.3 Å². The Morgan fingerprint density at radius 3 is 2.94 bits per heavy atom. The Balaban J connectivity index is 2.91. The van der Waals surface area contributed by atoms with Crippen LogP contribution in [0.15, 0.2) is 12.3 Å². The highest BCUT2D eigenvalue weighted by atomic mass is 16.4. The largest absolute Gasteiger partial charge is 0.480 e. The lowest BCUT2D eigenvalue weighted by molar-refractivity contribution is -0.138. The van der Waals surface area contributed by atoms with Crippen molar-refractivity contribution in [1.82, 2.24) is 4.98 Å². The standard InChI is InChI=1S/C13H17N3O2/c1-3-4-5-11(13(17)18)16-12-10(8-14)9(2)6-7-15-12/h6-7,11H,3-5H2,1-2H3,(H,15,16)(H,17,18). The molecular weight excluding hydrogens is 230 g/mol. The smallest absolute Gasteiger partial charge is 0.326 e. The van der Waals surface area contributed by atoms with Crippen LogP contribution in [0.2, 0.25) is 0 Å². The average molecular weight is 247 g/mol. The first kappa shape index (κ1) is 14.0. The average Bonchev–Trinajstić information content (AvgIpc) is 2.34. The number of nitrogens with zero attached hydrogens (tertiary/aromatic N) is 2. The van der Waals surface area contributed by atoms with Crippen molar-refractivity contribution in [2.24, 2.45) is 0 Å². The quantitative estimate of drug-likeness (QED) is 0.805. The molecule has 0 aliphatic carbocycles. The van der Waals surface area contributed by atoms with Gasteiger partial charge in [-0.15, -0.1) is 0 Å². The Labute approximate surface area is 106 Å². The monoisotopic (exact) mass is 247 g/mol. The molecule has 0 aromatic carbocycles. The van der Waals surface area contributed by atoms with Crippen LogP contribution >= 0.6 is 0 Å². The van der Waals surface area contributed by atoms with Gasteiger partial charge < -0.3 is 10.4 Å². The number of carbonyl (C=O) groups is 1. The highest BCUT2D eigenvalue weighted by molar-refractivity contribution is 5.77. The minimum Gasteiger partial charge on any atom is -0.480 e. The minimum atomic E-state index is -0.921. The topological polar surface area (TPSA) is 86.0 Å². The van der Waals surface area contributed by atoms with Crippen LogP contribution in [-0.2, 0) is 4.79 Å². The molecule has 1 aromatic rings. The molecule has 1 atom stereocenters. The summed E-state index contributed by atoms with van der Waals surface area (Å²) in [6.45, 7) is 3.80. The maximum absolute atomic E-state index is 11.1. The number of unbranched alkanes of at least 4 members (excludes halogenated alkanes) is 1. The number of anilines is 1. The molecule has 0 bridgehead atoms. The highest BCUT2D eigenvalue weighted by Gasteiger charge is 2.19. The Kier molecular flexibility index (Phi) is 5.12. The lowest BCUT2D eigenvalue weighted by Gasteiger charge is -2.16. The molecule has 0 aliphatic heterocycles. The molecule has 5 heteroatoms. The SMILES string of the molecule is CCCCC(Nc1nccc(C)c1C#N)C(=O)O. The van der Waals surface area contributed by atoms with Gasteiger partial charge in [0.05, 0.1) is 5.56 Å². The maximum atomic E-state index is 11.1. The second-order valence-corrected chi connectivity index (χ2v) is 4.14. The summed E-state index contributed by atoms with van der Waals surface area (Å²) in [5.41, 5.74) is 1.19. The molecule has 0 saturated carbocycles. The van der Waals surface area contributed by atoms with Crippen molar-refractivity contribution < 1.29 is 9.90 Å². The molecule has 1 aromatic heterocycles. The molecule has 2 N–H and O–H groups in total. The number of rotatable bonds is 6. The van der Waals surface area contributed by atoms with Crippen LogP contribution in [0.5, 0.6) is 0 Å². The number of nitrogens with one attached hydrogen (secondary N) is 1. The fraction of sp³-hybridized carbons (Fsp3) is 0.462. The third kappa shape index (κ3) is 3.45. The van der Waals surface area contributed by atoms with E-state index < -0.39 is 12.0 Å². The van der Waals surface area contributed by atoms with E-state index in [9.17, 15) is 4.79 Å². The molecule has 1 rings (SSSR count). The van der Waals surface area contributed by atoms with Crippen LogP contribution < -0.4 is 5.32 Å². The van der Waals surface area contributed by atoms with Crippen molar-refractivity contribution in [3.05, 3.63) is 23.4 Å². The molecule has 5 nitrogen and oxygen atoms in total. The summed E-state index contributed by atoms with van der Waals surface area (Å²) in [7, 11) is 0. The van der Waals surface area contributed by atoms with E-state index in [1.54, 1.807) is 19.2 Å². The number of carboxylic acids is 1. The summed E-state index contributed by atoms with van der Waals surface area (Å²) in [4.78, 5) is 15.2. The van der Waals surface area contributed by atoms with Gasteiger partial charge in [-0.25, -0.2) is 9.78 Å². The maximum Gasteiger partial charge on any atom is 0.326 e. The van der Waals surface area contributed by atoms with Gasteiger partial charge in [0.15, 0.2) is 0 Å². The first-order valence-electron chi connectivity index (χ1n) is 5.95. The molecule has 1 unspecified atom stereocenters. The van der Waals surface area contributed by atoms with E-state index in [1.807, 2.05) is 13.0 Å². The van der Waals surface area contributed by atoms with E-state index in [2.05, 4.69) is 10.3 Å². The highest BCUT2D eigenvalue weighted by Crippen LogP contribution is 2.17. The van der Waals surface area contributed by atoms with Crippen molar-refractivity contribution in [3.8, 4) is 6.07 Å². The van der Waals surface area contributed by atoms with Gasteiger partial charge in [-0.1, -0.05) is 19.8 Å². The zero-order valence-corrected chi connectivity index (χ0v) is 10.6. The van der Waals surface area contributed by atoms with Crippen LogP contribution in [0.3, 0.4) is 0 Å². The Bertz CT molecular complexity index is 466. The number of hydrogen-bond donors (Lipinski definition) is 2. The summed E-state index contributed by atoms with van der Waals surface area (Å²) in [6, 6.07) is 3.07. The number of pyridine rings is 1. The van der Waals surface area contributed by atoms with Gasteiger partial charge >= 0.3 is 5.97 Å². The van der Waals surface area contributed by atoms with Gasteiger partial charge in [0.2, 0.25) is 0 Å². The van der Waals surface area contributed by atoms with Gasteiger partial charge in [-0.05, 0) is 25.0 Å². The first-order valence-corrected chi connectivity index (χ1v) is 5.95. The molecule has 0 radical (unpaired) electrons. The summed E-state index contributed by atoms with van der Waals surface area (Å²) >= 11 is 0. The molecule has 0 saturated heterocycles. The summed E-state index contributed by atoms with van der Waals surface area (Å²) < 4.78 is 0. The van der Waals surface area contributed by atoms with Crippen LogP contribution in [-0.4, -0.2) is 22.1 Å². The lowest BCUT2D eigenvalue weighted by Crippen LogP contribution is -2.30. The van der Waals surface area contributed by atoms with Crippen molar-refractivity contribution in [3.63, 3.8) is 0 Å². The molecule has 0 fully saturated rings. The zero-order chi connectivity index (χ0) is 13.5. The van der Waals surface area contributed by atoms with E-state index in [0.29, 0.717) is 17.8 Å². The predicted molar refractivity (Wildman–Crippen MR) is 68.3 cm³/mol. The summed E-state index contributed by atoms with van der Waals surface area (Å²) in [5, 5.41) is 21.0. The van der Waals surface area contributed by atoms with E-state index >= 15 is 0 Å². The number of nitriles is 1. The fourth-order valence-electron chi connectivity index (χ4n) is 1.64. The van der Waals surface area contributed by atoms with Crippen LogP contribution in [0.1, 0.15) is 37.3 Å². The summed E-state index contributed by atoms with van der Waals surface area (Å²) in [6.07, 6.45) is 3.83. The molecule has 18 heavy (non-hydrogen) atoms. The Morgan fingerprint density at radius 2 is 2.39 bits per heavy atom. The molecule has 0 spiro atoms. The van der Waals surface area contributed by atoms with Gasteiger partial charge in [0.25, 0.3) is 0 Å². The van der Waals surface area contributed by atoms with Crippen LogP contribution in [0.25, 0.3) is 0 Å². The van der Waals surface area contributed by atoms with Gasteiger partial charge in [-0.3, -0.25) is 0 Å². The first-order chi connectivity index (χ1) is 8.60. The molecule has 0 amide bonds. The van der Waals surface area contributed by atoms with Gasteiger partial charge in [0, 0.05) is 6.20 Å². The van der Waals surface area contributed by atoms with Gasteiger partial charge in [0.1, 0.15) is 17.9 Å². The van der Waals surface area contributed by atoms with E-state index in [1.165, 1.54) is 0 Å². The normalized spacial score (nSPS) is 11.6. The van der Waals surface area contributed by atoms with Crippen molar-refractivity contribution in [2.45, 2.75) is 39.2 Å². The van der Waals surface area contributed by atoms with E-state index in [4.69, 9.17) is 10.4 Å². The molecule has 1 heterocycles. The Hall–Kier alpha value is -2.09. The van der Waals surface area contributed by atoms with Gasteiger partial charge in [-0.2, -0.15) is 5.26 Å². The predicted octanol–water partition coefficient (Wildman–Crippen LogP) is 2.32. The number of aryl methyl sites for hydroxylation is 1. The fourth-order valence-corrected chi connectivity index (χ4v) is 1.64. The minimum absolute atomic E-state index is 0.348. The third-order valence-corrected chi connectivity index (χ3v) is 2.73. The lowest BCUT2D eigenvalue weighted by atomic mass is 10.1. The number of aromatic nitrogens is 1. The molecular formula is C13H17N3O2. The van der Waals surface area contributed by atoms with Crippen LogP contribution in [0.4, 0.5) is 5.82 Å². The van der Waals surface area contributed by atoms with Crippen molar-refractivity contribution in [1.29, 1.82) is 5.26 Å². The number of carboxylic acid groups (broad SMARTS) is 1. The van der Waals surface area contributed by atoms with E-state index in [0.717, 1.165) is 18.4 Å². The third-order valence-electron chi connectivity index (χ3n) is 2.73. The second kappa shape index (κ2) is 6.60. The van der Waals surface area contributed by atoms with E-state index in [-0.39, 0.29) is 0 Å². The molecule has 0 aliphatic rings. The number of aliphatic carboxylic acids is 1.